The smallest absolute Gasteiger partial charge is 0.241 e. The number of aromatic hydroxyl groups is 2. The molecule has 0 radical (unpaired) electrons. The molecule has 9 nitrogen and oxygen atoms in total. The molecule has 0 saturated heterocycles. The number of ketones is 1. The SMILES string of the molecule is COc1ccccc1-c1c(C(=O)C(C)(C)CO)c(O)c(O)n1-c1ccc(-c2ccon2)cn1. The third-order valence-corrected chi connectivity index (χ3v) is 5.43. The van der Waals surface area contributed by atoms with Crippen LogP contribution in [0.1, 0.15) is 24.2 Å². The summed E-state index contributed by atoms with van der Waals surface area (Å²) in [6.45, 7) is 2.66. The molecule has 0 amide bonds. The first kappa shape index (κ1) is 22.1. The Hall–Kier alpha value is -4.11. The third kappa shape index (κ3) is 3.72. The number of hydrogen-bond donors (Lipinski definition) is 3. The second kappa shape index (κ2) is 8.44. The number of aliphatic hydroxyl groups excluding tert-OH is 1. The molecule has 4 aromatic rings. The molecule has 3 N–H and O–H groups in total. The molecular formula is C24H23N3O6. The molecule has 0 aliphatic heterocycles. The number of benzene rings is 1. The number of carbonyl (C=O) groups excluding carboxylic acids is 1. The van der Waals surface area contributed by atoms with Crippen molar-refractivity contribution >= 4 is 5.78 Å². The van der Waals surface area contributed by atoms with Crippen molar-refractivity contribution in [3.05, 3.63) is 60.5 Å². The number of rotatable bonds is 7. The van der Waals surface area contributed by atoms with E-state index in [1.165, 1.54) is 24.1 Å². The van der Waals surface area contributed by atoms with E-state index in [2.05, 4.69) is 10.1 Å². The number of aliphatic hydroxyl groups is 1. The van der Waals surface area contributed by atoms with Gasteiger partial charge in [-0.25, -0.2) is 4.98 Å². The van der Waals surface area contributed by atoms with Crippen molar-refractivity contribution in [2.75, 3.05) is 13.7 Å². The molecule has 170 valence electrons. The monoisotopic (exact) mass is 449 g/mol. The summed E-state index contributed by atoms with van der Waals surface area (Å²) in [6.07, 6.45) is 2.98. The van der Waals surface area contributed by atoms with Gasteiger partial charge in [0.25, 0.3) is 0 Å². The quantitative estimate of drug-likeness (QED) is 0.363. The number of nitrogens with zero attached hydrogens (tertiary/aromatic N) is 3. The molecule has 0 atom stereocenters. The van der Waals surface area contributed by atoms with Gasteiger partial charge in [-0.05, 0) is 24.3 Å². The van der Waals surface area contributed by atoms with E-state index in [0.29, 0.717) is 22.6 Å². The molecule has 9 heteroatoms. The van der Waals surface area contributed by atoms with E-state index < -0.39 is 29.4 Å². The zero-order valence-electron chi connectivity index (χ0n) is 18.3. The summed E-state index contributed by atoms with van der Waals surface area (Å²) >= 11 is 0. The lowest BCUT2D eigenvalue weighted by molar-refractivity contribution is 0.0723. The van der Waals surface area contributed by atoms with Gasteiger partial charge in [-0.15, -0.1) is 0 Å². The molecule has 3 heterocycles. The summed E-state index contributed by atoms with van der Waals surface area (Å²) in [4.78, 5) is 17.8. The highest BCUT2D eigenvalue weighted by atomic mass is 16.5. The molecule has 3 aromatic heterocycles. The first-order valence-electron chi connectivity index (χ1n) is 10.1. The fraction of sp³-hybridized carbons (Fsp3) is 0.208. The van der Waals surface area contributed by atoms with Crippen molar-refractivity contribution in [1.82, 2.24) is 14.7 Å². The maximum absolute atomic E-state index is 13.4. The summed E-state index contributed by atoms with van der Waals surface area (Å²) < 4.78 is 11.6. The largest absolute Gasteiger partial charge is 0.503 e. The second-order valence-corrected chi connectivity index (χ2v) is 8.09. The van der Waals surface area contributed by atoms with Gasteiger partial charge in [0.1, 0.15) is 23.5 Å². The minimum Gasteiger partial charge on any atom is -0.503 e. The van der Waals surface area contributed by atoms with E-state index in [9.17, 15) is 20.1 Å². The Balaban J connectivity index is 1.99. The van der Waals surface area contributed by atoms with E-state index in [1.807, 2.05) is 0 Å². The summed E-state index contributed by atoms with van der Waals surface area (Å²) in [5.74, 6) is -1.04. The number of methoxy groups -OCH3 is 1. The van der Waals surface area contributed by atoms with Crippen LogP contribution in [0.2, 0.25) is 0 Å². The molecule has 0 bridgehead atoms. The van der Waals surface area contributed by atoms with E-state index in [0.717, 1.165) is 0 Å². The van der Waals surface area contributed by atoms with Crippen LogP contribution in [0.15, 0.2) is 59.4 Å². The number of ether oxygens (including phenoxy) is 1. The number of Topliss-reactive ketones (excluding diaryl/α,β-unsaturated/α-hetero) is 1. The molecule has 0 aliphatic rings. The Morgan fingerprint density at radius 3 is 2.52 bits per heavy atom. The van der Waals surface area contributed by atoms with Crippen LogP contribution >= 0.6 is 0 Å². The molecule has 0 fully saturated rings. The van der Waals surface area contributed by atoms with Gasteiger partial charge in [-0.1, -0.05) is 31.1 Å². The molecule has 0 spiro atoms. The summed E-state index contributed by atoms with van der Waals surface area (Å²) in [6, 6.07) is 11.9. The molecule has 33 heavy (non-hydrogen) atoms. The molecule has 4 rings (SSSR count). The lowest BCUT2D eigenvalue weighted by atomic mass is 9.84. The molecule has 0 aliphatic carbocycles. The highest BCUT2D eigenvalue weighted by molar-refractivity contribution is 6.09. The van der Waals surface area contributed by atoms with Crippen LogP contribution in [0.25, 0.3) is 28.3 Å². The first-order chi connectivity index (χ1) is 15.8. The van der Waals surface area contributed by atoms with E-state index in [4.69, 9.17) is 9.26 Å². The van der Waals surface area contributed by atoms with E-state index >= 15 is 0 Å². The number of hydrogen-bond acceptors (Lipinski definition) is 8. The summed E-state index contributed by atoms with van der Waals surface area (Å²) in [5.41, 5.74) is 0.556. The Kier molecular flexibility index (Phi) is 5.65. The Labute approximate surface area is 189 Å². The fourth-order valence-corrected chi connectivity index (χ4v) is 3.52. The van der Waals surface area contributed by atoms with Crippen molar-refractivity contribution in [3.63, 3.8) is 0 Å². The van der Waals surface area contributed by atoms with Gasteiger partial charge in [0.05, 0.1) is 30.4 Å². The van der Waals surface area contributed by atoms with Gasteiger partial charge in [0.15, 0.2) is 11.5 Å². The molecule has 0 unspecified atom stereocenters. The Bertz CT molecular complexity index is 1290. The highest BCUT2D eigenvalue weighted by Gasteiger charge is 2.37. The van der Waals surface area contributed by atoms with E-state index in [-0.39, 0.29) is 17.1 Å². The topological polar surface area (TPSA) is 131 Å². The Morgan fingerprint density at radius 1 is 1.15 bits per heavy atom. The number of pyridine rings is 1. The van der Waals surface area contributed by atoms with Crippen molar-refractivity contribution in [3.8, 4) is 45.7 Å². The lowest BCUT2D eigenvalue weighted by Gasteiger charge is -2.21. The Morgan fingerprint density at radius 2 is 1.91 bits per heavy atom. The fourth-order valence-electron chi connectivity index (χ4n) is 3.52. The maximum atomic E-state index is 13.4. The van der Waals surface area contributed by atoms with Gasteiger partial charge in [0.2, 0.25) is 5.88 Å². The number of para-hydroxylation sites is 1. The van der Waals surface area contributed by atoms with Gasteiger partial charge in [-0.3, -0.25) is 9.36 Å². The van der Waals surface area contributed by atoms with Gasteiger partial charge >= 0.3 is 0 Å². The second-order valence-electron chi connectivity index (χ2n) is 8.09. The third-order valence-electron chi connectivity index (χ3n) is 5.43. The van der Waals surface area contributed by atoms with Crippen molar-refractivity contribution in [1.29, 1.82) is 0 Å². The molecule has 0 saturated carbocycles. The van der Waals surface area contributed by atoms with Crippen molar-refractivity contribution in [2.24, 2.45) is 5.41 Å². The van der Waals surface area contributed by atoms with Crippen molar-refractivity contribution < 1.29 is 29.4 Å². The zero-order valence-corrected chi connectivity index (χ0v) is 18.3. The van der Waals surface area contributed by atoms with Crippen LogP contribution in [0, 0.1) is 5.41 Å². The van der Waals surface area contributed by atoms with Crippen LogP contribution in [0.3, 0.4) is 0 Å². The zero-order chi connectivity index (χ0) is 23.8. The minimum absolute atomic E-state index is 0.140. The summed E-state index contributed by atoms with van der Waals surface area (Å²) in [5, 5.41) is 35.4. The minimum atomic E-state index is -1.21. The normalized spacial score (nSPS) is 11.5. The first-order valence-corrected chi connectivity index (χ1v) is 10.1. The standard InChI is InChI=1S/C24H23N3O6/c1-24(2,13-28)22(30)19-20(15-6-4-5-7-17(15)32-3)27(23(31)21(19)29)18-9-8-14(12-25-18)16-10-11-33-26-16/h4-12,28-29,31H,13H2,1-3H3. The molecule has 1 aromatic carbocycles. The van der Waals surface area contributed by atoms with Crippen LogP contribution in [-0.2, 0) is 0 Å². The maximum Gasteiger partial charge on any atom is 0.241 e. The lowest BCUT2D eigenvalue weighted by Crippen LogP contribution is -2.28. The van der Waals surface area contributed by atoms with Gasteiger partial charge in [0, 0.05) is 23.4 Å². The molecular weight excluding hydrogens is 426 g/mol. The predicted octanol–water partition coefficient (Wildman–Crippen LogP) is 3.82. The van der Waals surface area contributed by atoms with Gasteiger partial charge < -0.3 is 24.6 Å². The average molecular weight is 449 g/mol. The van der Waals surface area contributed by atoms with Crippen molar-refractivity contribution in [2.45, 2.75) is 13.8 Å². The van der Waals surface area contributed by atoms with Crippen LogP contribution < -0.4 is 4.74 Å². The van der Waals surface area contributed by atoms with Crippen LogP contribution in [0.4, 0.5) is 0 Å². The van der Waals surface area contributed by atoms with E-state index in [1.54, 1.807) is 56.3 Å². The van der Waals surface area contributed by atoms with Crippen LogP contribution in [0.5, 0.6) is 17.4 Å². The van der Waals surface area contributed by atoms with Crippen LogP contribution in [-0.4, -0.2) is 49.5 Å². The summed E-state index contributed by atoms with van der Waals surface area (Å²) in [7, 11) is 1.48. The average Bonchev–Trinajstić information content (AvgIpc) is 3.46. The number of aromatic nitrogens is 3. The highest BCUT2D eigenvalue weighted by Crippen LogP contribution is 2.47. The van der Waals surface area contributed by atoms with Gasteiger partial charge in [-0.2, -0.15) is 0 Å². The predicted molar refractivity (Wildman–Crippen MR) is 120 cm³/mol. The number of carbonyl (C=O) groups is 1.